The molecule has 2 atom stereocenters. The summed E-state index contributed by atoms with van der Waals surface area (Å²) in [5.74, 6) is 2.76. The van der Waals surface area contributed by atoms with Crippen LogP contribution in [0.15, 0.2) is 30.5 Å². The molecular weight excluding hydrogens is 1050 g/mol. The maximum atomic E-state index is 13.4. The number of aromatic nitrogens is 5. The number of carboxylic acid groups (broad SMARTS) is 1. The van der Waals surface area contributed by atoms with Crippen LogP contribution in [0.1, 0.15) is 57.8 Å². The molecule has 2 unspecified atom stereocenters. The summed E-state index contributed by atoms with van der Waals surface area (Å²) in [5.41, 5.74) is 2.77. The Morgan fingerprint density at radius 2 is 1.25 bits per heavy atom. The van der Waals surface area contributed by atoms with E-state index < -0.39 is 29.2 Å². The van der Waals surface area contributed by atoms with Gasteiger partial charge in [-0.2, -0.15) is 4.98 Å². The maximum Gasteiger partial charge on any atom is 0.290 e. The predicted octanol–water partition coefficient (Wildman–Crippen LogP) is 5.05. The molecule has 68 heavy (non-hydrogen) atoms. The Bertz CT molecular complexity index is 2590. The number of fused-ring (bicyclic) bond motifs is 7. The third-order valence-corrected chi connectivity index (χ3v) is 18.7. The largest absolute Gasteiger partial charge is 0.486 e. The summed E-state index contributed by atoms with van der Waals surface area (Å²) >= 11 is 8.58. The van der Waals surface area contributed by atoms with Gasteiger partial charge in [0, 0.05) is 48.3 Å². The molecule has 4 fully saturated rings. The van der Waals surface area contributed by atoms with Crippen LogP contribution in [0.3, 0.4) is 0 Å². The molecule has 0 bridgehead atoms. The van der Waals surface area contributed by atoms with Crippen molar-refractivity contribution in [2.24, 2.45) is 0 Å². The van der Waals surface area contributed by atoms with Crippen LogP contribution >= 0.6 is 34.2 Å². The van der Waals surface area contributed by atoms with Crippen molar-refractivity contribution < 1.29 is 45.7 Å². The van der Waals surface area contributed by atoms with E-state index in [4.69, 9.17) is 50.4 Å². The van der Waals surface area contributed by atoms with Crippen molar-refractivity contribution in [2.75, 3.05) is 120 Å². The van der Waals surface area contributed by atoms with Gasteiger partial charge in [0.25, 0.3) is 6.47 Å². The van der Waals surface area contributed by atoms with Gasteiger partial charge in [-0.05, 0) is 101 Å². The number of aromatic amines is 1. The first-order chi connectivity index (χ1) is 32.0. The molecule has 19 nitrogen and oxygen atoms in total. The smallest absolute Gasteiger partial charge is 0.290 e. The van der Waals surface area contributed by atoms with Gasteiger partial charge in [-0.3, -0.25) is 4.79 Å². The van der Waals surface area contributed by atoms with Crippen molar-refractivity contribution in [3.63, 3.8) is 0 Å². The van der Waals surface area contributed by atoms with Crippen molar-refractivity contribution >= 4 is 82.9 Å². The zero-order valence-corrected chi connectivity index (χ0v) is 43.2. The van der Waals surface area contributed by atoms with Crippen LogP contribution in [-0.4, -0.2) is 185 Å². The lowest BCUT2D eigenvalue weighted by molar-refractivity contribution is -0.122. The van der Waals surface area contributed by atoms with Gasteiger partial charge < -0.3 is 48.6 Å². The number of piperidine rings is 2. The highest BCUT2D eigenvalue weighted by Crippen LogP contribution is 2.50. The molecule has 376 valence electrons. The number of benzene rings is 1. The van der Waals surface area contributed by atoms with Gasteiger partial charge in [-0.15, -0.1) is 0 Å². The van der Waals surface area contributed by atoms with Gasteiger partial charge in [0.15, 0.2) is 48.6 Å². The summed E-state index contributed by atoms with van der Waals surface area (Å²) < 4.78 is 75.1. The van der Waals surface area contributed by atoms with E-state index in [1.807, 2.05) is 44.6 Å². The molecule has 23 heteroatoms. The number of ether oxygens (including phenoxy) is 4. The van der Waals surface area contributed by atoms with Crippen molar-refractivity contribution in [3.8, 4) is 22.9 Å². The first-order valence-corrected chi connectivity index (χ1v) is 28.1. The summed E-state index contributed by atoms with van der Waals surface area (Å²) in [6, 6.07) is 8.07. The number of morpholine rings is 2. The highest BCUT2D eigenvalue weighted by atomic mass is 127. The molecule has 10 rings (SSSR count). The second kappa shape index (κ2) is 22.6. The lowest BCUT2D eigenvalue weighted by Gasteiger charge is -2.44. The minimum atomic E-state index is -3.50. The van der Waals surface area contributed by atoms with Gasteiger partial charge >= 0.3 is 0 Å². The second-order valence-corrected chi connectivity index (χ2v) is 23.8. The normalized spacial score (nSPS) is 21.9. The predicted molar refractivity (Wildman–Crippen MR) is 272 cm³/mol. The molecule has 0 radical (unpaired) electrons. The van der Waals surface area contributed by atoms with E-state index in [0.29, 0.717) is 145 Å². The second-order valence-electron chi connectivity index (χ2n) is 17.7. The fraction of sp³-hybridized carbons (Fsp3) is 0.622. The van der Waals surface area contributed by atoms with Crippen LogP contribution in [0.25, 0.3) is 22.3 Å². The number of nitrogens with one attached hydrogen (secondary N) is 1. The summed E-state index contributed by atoms with van der Waals surface area (Å²) in [6.07, 6.45) is 7.66. The molecule has 3 aromatic heterocycles. The van der Waals surface area contributed by atoms with E-state index in [9.17, 15) is 16.8 Å². The van der Waals surface area contributed by atoms with E-state index in [1.165, 1.54) is 23.4 Å². The Kier molecular flexibility index (Phi) is 17.9. The molecular formula is C45H65ClIN9O10S2. The van der Waals surface area contributed by atoms with E-state index >= 15 is 0 Å². The van der Waals surface area contributed by atoms with Crippen LogP contribution in [0.5, 0.6) is 11.5 Å². The van der Waals surface area contributed by atoms with Crippen LogP contribution in [0.4, 0.5) is 11.6 Å². The number of H-pyrrole nitrogens is 1. The van der Waals surface area contributed by atoms with Gasteiger partial charge in [0.2, 0.25) is 5.28 Å². The van der Waals surface area contributed by atoms with Crippen molar-refractivity contribution in [2.45, 2.75) is 68.0 Å². The number of hydrogen-bond acceptors (Lipinski definition) is 17. The Morgan fingerprint density at radius 3 is 1.72 bits per heavy atom. The van der Waals surface area contributed by atoms with Gasteiger partial charge in [-0.25, -0.2) is 31.8 Å². The number of carbonyl (C=O) groups is 1. The van der Waals surface area contributed by atoms with E-state index in [1.54, 1.807) is 0 Å². The number of alkyl halides is 1. The van der Waals surface area contributed by atoms with Gasteiger partial charge in [0.05, 0.1) is 38.5 Å². The highest BCUT2D eigenvalue weighted by molar-refractivity contribution is 14.1. The average Bonchev–Trinajstić information content (AvgIpc) is 3.81. The topological polar surface area (TPSA) is 223 Å². The molecule has 0 amide bonds. The number of sulfone groups is 2. The Balaban J connectivity index is 0.000000200. The third-order valence-electron chi connectivity index (χ3n) is 13.4. The molecule has 6 aliphatic rings. The number of anilines is 2. The maximum absolute atomic E-state index is 13.4. The fourth-order valence-electron chi connectivity index (χ4n) is 9.55. The highest BCUT2D eigenvalue weighted by Gasteiger charge is 2.52. The molecule has 2 N–H and O–H groups in total. The molecule has 4 saturated heterocycles. The first kappa shape index (κ1) is 53.7. The standard InChI is InChI=1S/C24H29N5O4S.C16H23ClN4O4S.C3H7I.CH2O2.CH4/c1-28-10-7-24(8-11-28,34(2,30)31)21-20-23(29-12-13-32-14-16(29)15-33-20)27-22(26-21)18-4-3-5-19-17(18)6-9-25-19;1-20-5-3-16(4-6-20,26(2,22)23)13-12-14(19-15(17)18-13)21-7-8-24-9-11(21)10-25-12;1-2-3-4;2-1-3;/h3-6,9,16,25H,7-8,10-15H2,1-2H3;11H,3-10H2,1-2H3;2-3H2,1H3;1H,(H,2,3);1H4. The summed E-state index contributed by atoms with van der Waals surface area (Å²) in [4.78, 5) is 39.0. The number of hydrogen-bond donors (Lipinski definition) is 2. The molecule has 6 aliphatic heterocycles. The van der Waals surface area contributed by atoms with Crippen LogP contribution < -0.4 is 19.3 Å². The molecule has 1 aromatic carbocycles. The van der Waals surface area contributed by atoms with Crippen LogP contribution in [0, 0.1) is 0 Å². The minimum Gasteiger partial charge on any atom is -0.486 e. The molecule has 0 aliphatic carbocycles. The van der Waals surface area contributed by atoms with Crippen molar-refractivity contribution in [3.05, 3.63) is 47.1 Å². The summed E-state index contributed by atoms with van der Waals surface area (Å²) in [5, 5.41) is 7.94. The Morgan fingerprint density at radius 1 is 0.779 bits per heavy atom. The number of likely N-dealkylation sites (tertiary alicyclic amines) is 2. The monoisotopic (exact) mass is 1120 g/mol. The van der Waals surface area contributed by atoms with Crippen LogP contribution in [-0.2, 0) is 43.4 Å². The lowest BCUT2D eigenvalue weighted by Crippen LogP contribution is -2.53. The molecule has 0 saturated carbocycles. The van der Waals surface area contributed by atoms with Gasteiger partial charge in [0.1, 0.15) is 34.1 Å². The Hall–Kier alpha value is -3.65. The van der Waals surface area contributed by atoms with Crippen LogP contribution in [0.2, 0.25) is 5.28 Å². The number of rotatable bonds is 6. The van der Waals surface area contributed by atoms with Crippen molar-refractivity contribution in [1.82, 2.24) is 34.7 Å². The summed E-state index contributed by atoms with van der Waals surface area (Å²) in [7, 11) is -2.93. The Labute approximate surface area is 418 Å². The number of nitrogens with zero attached hydrogens (tertiary/aromatic N) is 8. The first-order valence-electron chi connectivity index (χ1n) is 22.4. The average molecular weight is 1120 g/mol. The van der Waals surface area contributed by atoms with E-state index in [2.05, 4.69) is 64.1 Å². The number of halogens is 2. The lowest BCUT2D eigenvalue weighted by atomic mass is 9.90. The van der Waals surface area contributed by atoms with Gasteiger partial charge in [-0.1, -0.05) is 49.1 Å². The summed E-state index contributed by atoms with van der Waals surface area (Å²) in [6.45, 7) is 9.11. The molecule has 0 spiro atoms. The minimum absolute atomic E-state index is 0. The third kappa shape index (κ3) is 10.8. The zero-order valence-electron chi connectivity index (χ0n) is 38.6. The SMILES string of the molecule is C.CCCI.CN1CCC(c2nc(-c3cccc4[nH]ccc34)nc3c2OCC2COCCN32)(S(C)(=O)=O)CC1.CN1CCC(c2nc(Cl)nc3c2OCC2COCCN32)(S(C)(=O)=O)CC1.O=CO. The molecule has 9 heterocycles. The molecule has 4 aromatic rings. The fourth-order valence-corrected chi connectivity index (χ4v) is 12.5. The quantitative estimate of drug-likeness (QED) is 0.112. The zero-order chi connectivity index (χ0) is 48.1. The van der Waals surface area contributed by atoms with Crippen molar-refractivity contribution in [1.29, 1.82) is 0 Å². The van der Waals surface area contributed by atoms with E-state index in [0.717, 1.165) is 16.5 Å². The van der Waals surface area contributed by atoms with E-state index in [-0.39, 0.29) is 31.3 Å².